The fourth-order valence-corrected chi connectivity index (χ4v) is 2.01. The van der Waals surface area contributed by atoms with Crippen molar-refractivity contribution in [2.45, 2.75) is 20.0 Å². The highest BCUT2D eigenvalue weighted by Gasteiger charge is 2.09. The molecule has 1 aromatic heterocycles. The Bertz CT molecular complexity index is 731. The van der Waals surface area contributed by atoms with Gasteiger partial charge in [0.05, 0.1) is 13.7 Å². The van der Waals surface area contributed by atoms with Gasteiger partial charge in [0.2, 0.25) is 0 Å². The summed E-state index contributed by atoms with van der Waals surface area (Å²) in [7, 11) is 1.52. The average molecular weight is 275 g/mol. The Hall–Kier alpha value is -2.50. The van der Waals surface area contributed by atoms with Gasteiger partial charge in [-0.3, -0.25) is 9.36 Å². The van der Waals surface area contributed by atoms with Gasteiger partial charge in [-0.1, -0.05) is 6.07 Å². The van der Waals surface area contributed by atoms with Crippen LogP contribution < -0.4 is 21.7 Å². The second-order valence-corrected chi connectivity index (χ2v) is 4.38. The largest absolute Gasteiger partial charge is 0.496 e. The summed E-state index contributed by atoms with van der Waals surface area (Å²) in [6, 6.07) is 6.52. The van der Waals surface area contributed by atoms with Crippen molar-refractivity contribution in [3.05, 3.63) is 56.9 Å². The number of hydrogen-bond acceptors (Lipinski definition) is 4. The van der Waals surface area contributed by atoms with Gasteiger partial charge in [0.15, 0.2) is 0 Å². The van der Waals surface area contributed by atoms with E-state index in [9.17, 15) is 9.59 Å². The Balaban J connectivity index is 2.50. The number of benzene rings is 1. The van der Waals surface area contributed by atoms with Gasteiger partial charge >= 0.3 is 5.69 Å². The molecule has 0 radical (unpaired) electrons. The zero-order valence-electron chi connectivity index (χ0n) is 11.5. The Morgan fingerprint density at radius 1 is 1.25 bits per heavy atom. The van der Waals surface area contributed by atoms with E-state index in [1.165, 1.54) is 28.5 Å². The van der Waals surface area contributed by atoms with Gasteiger partial charge in [-0.15, -0.1) is 0 Å². The minimum Gasteiger partial charge on any atom is -0.496 e. The fraction of sp³-hybridized carbons (Fsp3) is 0.286. The molecule has 0 aliphatic carbocycles. The zero-order chi connectivity index (χ0) is 14.7. The third-order valence-electron chi connectivity index (χ3n) is 3.12. The number of rotatable bonds is 4. The molecule has 0 atom stereocenters. The van der Waals surface area contributed by atoms with Crippen LogP contribution in [0.1, 0.15) is 12.5 Å². The van der Waals surface area contributed by atoms with Crippen LogP contribution in [-0.2, 0) is 13.1 Å². The molecule has 2 rings (SSSR count). The lowest BCUT2D eigenvalue weighted by molar-refractivity contribution is 0.407. The standard InChI is InChI=1S/C14H17N3O3/c1-3-16-7-6-13(18)17(14(16)19)9-10-4-5-11(15)8-12(10)20-2/h4-8H,3,9,15H2,1-2H3. The van der Waals surface area contributed by atoms with Gasteiger partial charge in [0.1, 0.15) is 5.75 Å². The van der Waals surface area contributed by atoms with E-state index in [0.717, 1.165) is 5.56 Å². The van der Waals surface area contributed by atoms with Crippen molar-refractivity contribution in [3.63, 3.8) is 0 Å². The van der Waals surface area contributed by atoms with Crippen molar-refractivity contribution in [1.29, 1.82) is 0 Å². The zero-order valence-corrected chi connectivity index (χ0v) is 11.5. The molecule has 2 aromatic rings. The predicted molar refractivity (Wildman–Crippen MR) is 77.1 cm³/mol. The number of anilines is 1. The summed E-state index contributed by atoms with van der Waals surface area (Å²) in [5.74, 6) is 0.559. The molecule has 0 aliphatic heterocycles. The van der Waals surface area contributed by atoms with E-state index in [1.807, 2.05) is 6.92 Å². The molecule has 0 saturated heterocycles. The molecule has 0 spiro atoms. The van der Waals surface area contributed by atoms with Crippen LogP contribution in [-0.4, -0.2) is 16.2 Å². The van der Waals surface area contributed by atoms with Crippen LogP contribution in [0.3, 0.4) is 0 Å². The molecule has 1 heterocycles. The van der Waals surface area contributed by atoms with Gasteiger partial charge in [-0.2, -0.15) is 0 Å². The summed E-state index contributed by atoms with van der Waals surface area (Å²) in [5, 5.41) is 0. The molecule has 2 N–H and O–H groups in total. The first-order chi connectivity index (χ1) is 9.56. The molecule has 6 nitrogen and oxygen atoms in total. The lowest BCUT2D eigenvalue weighted by Crippen LogP contribution is -2.39. The van der Waals surface area contributed by atoms with Crippen molar-refractivity contribution in [1.82, 2.24) is 9.13 Å². The maximum Gasteiger partial charge on any atom is 0.331 e. The van der Waals surface area contributed by atoms with Crippen molar-refractivity contribution >= 4 is 5.69 Å². The average Bonchev–Trinajstić information content (AvgIpc) is 2.44. The summed E-state index contributed by atoms with van der Waals surface area (Å²) in [6.45, 7) is 2.51. The van der Waals surface area contributed by atoms with Gasteiger partial charge in [0, 0.05) is 36.1 Å². The summed E-state index contributed by atoms with van der Waals surface area (Å²) < 4.78 is 7.89. The van der Waals surface area contributed by atoms with Crippen molar-refractivity contribution in [3.8, 4) is 5.75 Å². The summed E-state index contributed by atoms with van der Waals surface area (Å²) in [4.78, 5) is 24.0. The van der Waals surface area contributed by atoms with Crippen molar-refractivity contribution < 1.29 is 4.74 Å². The van der Waals surface area contributed by atoms with E-state index in [4.69, 9.17) is 10.5 Å². The molecule has 6 heteroatoms. The first-order valence-corrected chi connectivity index (χ1v) is 6.29. The van der Waals surface area contributed by atoms with Crippen LogP contribution in [0.15, 0.2) is 40.1 Å². The molecule has 20 heavy (non-hydrogen) atoms. The van der Waals surface area contributed by atoms with Crippen molar-refractivity contribution in [2.75, 3.05) is 12.8 Å². The Morgan fingerprint density at radius 2 is 2.00 bits per heavy atom. The number of hydrogen-bond donors (Lipinski definition) is 1. The quantitative estimate of drug-likeness (QED) is 0.832. The van der Waals surface area contributed by atoms with Gasteiger partial charge < -0.3 is 15.0 Å². The topological polar surface area (TPSA) is 79.2 Å². The van der Waals surface area contributed by atoms with Gasteiger partial charge in [-0.05, 0) is 13.0 Å². The summed E-state index contributed by atoms with van der Waals surface area (Å²) in [6.07, 6.45) is 1.50. The van der Waals surface area contributed by atoms with E-state index in [2.05, 4.69) is 0 Å². The van der Waals surface area contributed by atoms with Crippen molar-refractivity contribution in [2.24, 2.45) is 0 Å². The number of methoxy groups -OCH3 is 1. The van der Waals surface area contributed by atoms with Crippen LogP contribution in [0.5, 0.6) is 5.75 Å². The molecule has 0 amide bonds. The first kappa shape index (κ1) is 13.9. The number of aromatic nitrogens is 2. The third-order valence-corrected chi connectivity index (χ3v) is 3.12. The highest BCUT2D eigenvalue weighted by molar-refractivity contribution is 5.48. The molecule has 1 aromatic carbocycles. The van der Waals surface area contributed by atoms with E-state index < -0.39 is 0 Å². The van der Waals surface area contributed by atoms with E-state index >= 15 is 0 Å². The Kier molecular flexibility index (Phi) is 3.93. The number of ether oxygens (including phenoxy) is 1. The molecular formula is C14H17N3O3. The van der Waals surface area contributed by atoms with Crippen LogP contribution in [0.25, 0.3) is 0 Å². The molecule has 0 saturated carbocycles. The van der Waals surface area contributed by atoms with E-state index in [1.54, 1.807) is 18.2 Å². The molecule has 0 bridgehead atoms. The first-order valence-electron chi connectivity index (χ1n) is 6.29. The lowest BCUT2D eigenvalue weighted by atomic mass is 10.2. The smallest absolute Gasteiger partial charge is 0.331 e. The number of nitrogen functional groups attached to an aromatic ring is 1. The third kappa shape index (κ3) is 2.59. The minimum absolute atomic E-state index is 0.155. The predicted octanol–water partition coefficient (Wildman–Crippen LogP) is 0.669. The van der Waals surface area contributed by atoms with Crippen LogP contribution >= 0.6 is 0 Å². The highest BCUT2D eigenvalue weighted by atomic mass is 16.5. The Morgan fingerprint density at radius 3 is 2.65 bits per heavy atom. The number of nitrogens with zero attached hydrogens (tertiary/aromatic N) is 2. The van der Waals surface area contributed by atoms with Crippen LogP contribution in [0.4, 0.5) is 5.69 Å². The monoisotopic (exact) mass is 275 g/mol. The normalized spacial score (nSPS) is 10.5. The molecule has 0 fully saturated rings. The molecule has 106 valence electrons. The van der Waals surface area contributed by atoms with Gasteiger partial charge in [0.25, 0.3) is 5.56 Å². The minimum atomic E-state index is -0.335. The Labute approximate surface area is 116 Å². The lowest BCUT2D eigenvalue weighted by Gasteiger charge is -2.11. The molecule has 0 aliphatic rings. The SMILES string of the molecule is CCn1ccc(=O)n(Cc2ccc(N)cc2OC)c1=O. The van der Waals surface area contributed by atoms with Crippen LogP contribution in [0.2, 0.25) is 0 Å². The number of nitrogens with two attached hydrogens (primary N) is 1. The second kappa shape index (κ2) is 5.64. The fourth-order valence-electron chi connectivity index (χ4n) is 2.01. The second-order valence-electron chi connectivity index (χ2n) is 4.38. The van der Waals surface area contributed by atoms with Gasteiger partial charge in [-0.25, -0.2) is 4.79 Å². The van der Waals surface area contributed by atoms with Crippen LogP contribution in [0, 0.1) is 0 Å². The molecular weight excluding hydrogens is 258 g/mol. The van der Waals surface area contributed by atoms with E-state index in [-0.39, 0.29) is 17.8 Å². The molecule has 0 unspecified atom stereocenters. The summed E-state index contributed by atoms with van der Waals surface area (Å²) in [5.41, 5.74) is 6.32. The maximum absolute atomic E-state index is 12.2. The van der Waals surface area contributed by atoms with E-state index in [0.29, 0.717) is 18.0 Å². The number of aryl methyl sites for hydroxylation is 1. The highest BCUT2D eigenvalue weighted by Crippen LogP contribution is 2.21. The maximum atomic E-state index is 12.2. The summed E-state index contributed by atoms with van der Waals surface area (Å²) >= 11 is 0.